The van der Waals surface area contributed by atoms with E-state index in [1.165, 1.54) is 17.0 Å². The van der Waals surface area contributed by atoms with Gasteiger partial charge in [-0.15, -0.1) is 0 Å². The number of benzene rings is 4. The lowest BCUT2D eigenvalue weighted by molar-refractivity contribution is -0.131. The lowest BCUT2D eigenvalue weighted by Crippen LogP contribution is -2.30. The Hall–Kier alpha value is -4.78. The van der Waals surface area contributed by atoms with Crippen molar-refractivity contribution >= 4 is 29.3 Å². The Morgan fingerprint density at radius 2 is 1.45 bits per heavy atom. The molecule has 0 aliphatic heterocycles. The Morgan fingerprint density at radius 3 is 2.05 bits per heavy atom. The fraction of sp³-hybridized carbons (Fsp3) is 0.0968. The number of hydrogen-bond donors (Lipinski definition) is 1. The summed E-state index contributed by atoms with van der Waals surface area (Å²) < 4.78 is 27.5. The molecule has 4 aromatic carbocycles. The van der Waals surface area contributed by atoms with Crippen molar-refractivity contribution < 1.29 is 23.5 Å². The third-order valence-electron chi connectivity index (χ3n) is 6.02. The molecule has 0 aromatic heterocycles. The molecule has 1 N–H and O–H groups in total. The summed E-state index contributed by atoms with van der Waals surface area (Å²) in [5.74, 6) is -3.77. The summed E-state index contributed by atoms with van der Waals surface area (Å²) in [6.45, 7) is 0.157. The molecule has 0 saturated carbocycles. The van der Waals surface area contributed by atoms with Crippen molar-refractivity contribution in [3.05, 3.63) is 125 Å². The zero-order chi connectivity index (χ0) is 27.2. The van der Waals surface area contributed by atoms with Crippen molar-refractivity contribution in [2.45, 2.75) is 6.54 Å². The number of nitrogens with zero attached hydrogens (tertiary/aromatic N) is 2. The molecule has 0 atom stereocenters. The molecule has 0 heterocycles. The normalized spacial score (nSPS) is 10.9. The van der Waals surface area contributed by atoms with E-state index < -0.39 is 23.5 Å². The van der Waals surface area contributed by atoms with Gasteiger partial charge < -0.3 is 14.9 Å². The van der Waals surface area contributed by atoms with Gasteiger partial charge in [-0.2, -0.15) is 0 Å². The van der Waals surface area contributed by atoms with Gasteiger partial charge in [0.05, 0.1) is 6.54 Å². The quantitative estimate of drug-likeness (QED) is 0.269. The average Bonchev–Trinajstić information content (AvgIpc) is 2.92. The Morgan fingerprint density at radius 1 is 0.789 bits per heavy atom. The molecule has 7 heteroatoms. The van der Waals surface area contributed by atoms with Gasteiger partial charge in [-0.3, -0.25) is 4.79 Å². The maximum Gasteiger partial charge on any atom is 0.328 e. The predicted molar refractivity (Wildman–Crippen MR) is 146 cm³/mol. The number of hydrogen-bond acceptors (Lipinski definition) is 3. The van der Waals surface area contributed by atoms with Gasteiger partial charge >= 0.3 is 5.97 Å². The van der Waals surface area contributed by atoms with E-state index >= 15 is 0 Å². The molecule has 0 fully saturated rings. The molecule has 0 bridgehead atoms. The molecule has 4 aromatic rings. The fourth-order valence-electron chi connectivity index (χ4n) is 3.97. The highest BCUT2D eigenvalue weighted by Crippen LogP contribution is 2.26. The first-order valence-corrected chi connectivity index (χ1v) is 11.9. The molecule has 5 nitrogen and oxygen atoms in total. The van der Waals surface area contributed by atoms with Crippen LogP contribution in [0.2, 0.25) is 0 Å². The van der Waals surface area contributed by atoms with E-state index in [-0.39, 0.29) is 12.1 Å². The zero-order valence-electron chi connectivity index (χ0n) is 20.9. The van der Waals surface area contributed by atoms with E-state index in [1.54, 1.807) is 24.3 Å². The van der Waals surface area contributed by atoms with Crippen LogP contribution in [0.25, 0.3) is 17.2 Å². The van der Waals surface area contributed by atoms with E-state index in [0.29, 0.717) is 11.3 Å². The number of anilines is 2. The maximum absolute atomic E-state index is 13.9. The predicted octanol–water partition coefficient (Wildman–Crippen LogP) is 6.64. The number of halogens is 2. The van der Waals surface area contributed by atoms with Crippen LogP contribution in [0, 0.1) is 11.6 Å². The fourth-order valence-corrected chi connectivity index (χ4v) is 3.97. The minimum absolute atomic E-state index is 0.00650. The van der Waals surface area contributed by atoms with Crippen LogP contribution in [0.15, 0.2) is 97.1 Å². The summed E-state index contributed by atoms with van der Waals surface area (Å²) in [6.07, 6.45) is 2.42. The molecule has 0 aliphatic carbocycles. The van der Waals surface area contributed by atoms with Crippen LogP contribution in [0.4, 0.5) is 20.2 Å². The topological polar surface area (TPSA) is 60.9 Å². The number of amides is 1. The Bertz CT molecular complexity index is 1480. The molecule has 0 saturated heterocycles. The van der Waals surface area contributed by atoms with E-state index in [4.69, 9.17) is 5.11 Å². The standard InChI is InChI=1S/C31H26F2N2O3/c1-34(2)26-14-11-24(12-15-26)23-9-6-22(7-10-23)20-35(31(38)25-13-16-28(32)29(33)19-25)27-5-3-4-21(18-27)8-17-30(36)37/h3-19H,20H2,1-2H3,(H,36,37). The van der Waals surface area contributed by atoms with E-state index in [0.717, 1.165) is 40.6 Å². The molecule has 1 amide bonds. The second kappa shape index (κ2) is 11.5. The van der Waals surface area contributed by atoms with Crippen molar-refractivity contribution in [2.75, 3.05) is 23.9 Å². The monoisotopic (exact) mass is 512 g/mol. The summed E-state index contributed by atoms with van der Waals surface area (Å²) in [7, 11) is 3.96. The lowest BCUT2D eigenvalue weighted by atomic mass is 10.0. The summed E-state index contributed by atoms with van der Waals surface area (Å²) in [5.41, 5.74) is 5.03. The summed E-state index contributed by atoms with van der Waals surface area (Å²) in [5, 5.41) is 8.96. The maximum atomic E-state index is 13.9. The second-order valence-corrected chi connectivity index (χ2v) is 8.92. The number of aliphatic carboxylic acids is 1. The van der Waals surface area contributed by atoms with Crippen molar-refractivity contribution in [1.29, 1.82) is 0 Å². The second-order valence-electron chi connectivity index (χ2n) is 8.92. The van der Waals surface area contributed by atoms with Crippen LogP contribution in [-0.2, 0) is 11.3 Å². The van der Waals surface area contributed by atoms with Crippen LogP contribution in [0.3, 0.4) is 0 Å². The molecule has 192 valence electrons. The van der Waals surface area contributed by atoms with Gasteiger partial charge in [0.25, 0.3) is 5.91 Å². The van der Waals surface area contributed by atoms with Crippen LogP contribution < -0.4 is 9.80 Å². The molecule has 0 aliphatic rings. The van der Waals surface area contributed by atoms with Gasteiger partial charge in [0, 0.05) is 37.1 Å². The van der Waals surface area contributed by atoms with Gasteiger partial charge in [0.1, 0.15) is 0 Å². The van der Waals surface area contributed by atoms with E-state index in [2.05, 4.69) is 0 Å². The Balaban J connectivity index is 1.66. The SMILES string of the molecule is CN(C)c1ccc(-c2ccc(CN(C(=O)c3ccc(F)c(F)c3)c3cccc(C=CC(=O)O)c3)cc2)cc1. The van der Waals surface area contributed by atoms with Crippen molar-refractivity contribution in [2.24, 2.45) is 0 Å². The van der Waals surface area contributed by atoms with Gasteiger partial charge in [0.15, 0.2) is 11.6 Å². The van der Waals surface area contributed by atoms with Gasteiger partial charge in [-0.1, -0.05) is 48.5 Å². The van der Waals surface area contributed by atoms with Gasteiger partial charge in [-0.25, -0.2) is 13.6 Å². The third kappa shape index (κ3) is 6.31. The van der Waals surface area contributed by atoms with Gasteiger partial charge in [-0.05, 0) is 70.8 Å². The third-order valence-corrected chi connectivity index (χ3v) is 6.02. The summed E-state index contributed by atoms with van der Waals surface area (Å²) in [4.78, 5) is 27.9. The first-order chi connectivity index (χ1) is 18.2. The molecule has 0 spiro atoms. The Kier molecular flexibility index (Phi) is 7.97. The van der Waals surface area contributed by atoms with Gasteiger partial charge in [0.2, 0.25) is 0 Å². The van der Waals surface area contributed by atoms with Crippen LogP contribution in [0.1, 0.15) is 21.5 Å². The first kappa shape index (κ1) is 26.3. The van der Waals surface area contributed by atoms with E-state index in [9.17, 15) is 18.4 Å². The molecule has 4 rings (SSSR count). The number of carbonyl (C=O) groups is 2. The molecule has 0 radical (unpaired) electrons. The highest BCUT2D eigenvalue weighted by Gasteiger charge is 2.20. The molecule has 38 heavy (non-hydrogen) atoms. The van der Waals surface area contributed by atoms with Crippen LogP contribution >= 0.6 is 0 Å². The highest BCUT2D eigenvalue weighted by atomic mass is 19.2. The first-order valence-electron chi connectivity index (χ1n) is 11.9. The molecule has 0 unspecified atom stereocenters. The van der Waals surface area contributed by atoms with E-state index in [1.807, 2.05) is 67.5 Å². The number of carbonyl (C=O) groups excluding carboxylic acids is 1. The zero-order valence-corrected chi connectivity index (χ0v) is 20.9. The minimum Gasteiger partial charge on any atom is -0.478 e. The summed E-state index contributed by atoms with van der Waals surface area (Å²) >= 11 is 0. The minimum atomic E-state index is -1.11. The lowest BCUT2D eigenvalue weighted by Gasteiger charge is -2.24. The van der Waals surface area contributed by atoms with Crippen LogP contribution in [0.5, 0.6) is 0 Å². The summed E-state index contributed by atoms with van der Waals surface area (Å²) in [6, 6.07) is 25.7. The molecular formula is C31H26F2N2O3. The van der Waals surface area contributed by atoms with Crippen molar-refractivity contribution in [3.8, 4) is 11.1 Å². The average molecular weight is 513 g/mol. The highest BCUT2D eigenvalue weighted by molar-refractivity contribution is 6.06. The van der Waals surface area contributed by atoms with Crippen molar-refractivity contribution in [1.82, 2.24) is 0 Å². The largest absolute Gasteiger partial charge is 0.478 e. The van der Waals surface area contributed by atoms with Crippen LogP contribution in [-0.4, -0.2) is 31.1 Å². The van der Waals surface area contributed by atoms with Crippen molar-refractivity contribution in [3.63, 3.8) is 0 Å². The molecular weight excluding hydrogens is 486 g/mol. The number of rotatable bonds is 8. The number of carboxylic acids is 1. The Labute approximate surface area is 219 Å². The number of carboxylic acid groups (broad SMARTS) is 1. The smallest absolute Gasteiger partial charge is 0.328 e.